The maximum absolute atomic E-state index is 6.53. The van der Waals surface area contributed by atoms with Crippen molar-refractivity contribution in [1.82, 2.24) is 19.1 Å². The number of furan rings is 1. The number of para-hydroxylation sites is 4. The molecule has 0 amide bonds. The van der Waals surface area contributed by atoms with Crippen LogP contribution in [0.1, 0.15) is 0 Å². The zero-order valence-corrected chi connectivity index (χ0v) is 32.9. The number of benzene rings is 8. The van der Waals surface area contributed by atoms with Crippen LogP contribution in [0.2, 0.25) is 0 Å². The summed E-state index contributed by atoms with van der Waals surface area (Å²) in [6.07, 6.45) is 0. The number of nitrogens with zero attached hydrogens (tertiary/aromatic N) is 4. The largest absolute Gasteiger partial charge is 0.452 e. The van der Waals surface area contributed by atoms with Gasteiger partial charge in [-0.25, -0.2) is 9.97 Å². The van der Waals surface area contributed by atoms with Gasteiger partial charge in [-0.3, -0.25) is 9.13 Å². The van der Waals surface area contributed by atoms with Gasteiger partial charge in [0.25, 0.3) is 0 Å². The van der Waals surface area contributed by atoms with E-state index in [1.165, 1.54) is 48.3 Å². The van der Waals surface area contributed by atoms with Crippen LogP contribution in [0.15, 0.2) is 208 Å². The van der Waals surface area contributed by atoms with Crippen LogP contribution < -0.4 is 0 Å². The van der Waals surface area contributed by atoms with E-state index in [0.717, 1.165) is 61.2 Å². The molecule has 1 aliphatic rings. The molecule has 0 unspecified atom stereocenters. The van der Waals surface area contributed by atoms with E-state index in [1.54, 1.807) is 0 Å². The molecule has 0 saturated carbocycles. The second-order valence-corrected chi connectivity index (χ2v) is 16.4. The summed E-state index contributed by atoms with van der Waals surface area (Å²) in [6.45, 7) is 0. The van der Waals surface area contributed by atoms with Crippen LogP contribution in [0.3, 0.4) is 0 Å². The van der Waals surface area contributed by atoms with Gasteiger partial charge in [-0.15, -0.1) is 0 Å². The Morgan fingerprint density at radius 3 is 2.03 bits per heavy atom. The Kier molecular flexibility index (Phi) is 7.17. The van der Waals surface area contributed by atoms with Crippen molar-refractivity contribution in [1.29, 1.82) is 0 Å². The molecule has 0 N–H and O–H groups in total. The third kappa shape index (κ3) is 4.89. The van der Waals surface area contributed by atoms with Crippen LogP contribution in [0.5, 0.6) is 0 Å². The minimum absolute atomic E-state index is 0.653. The average Bonchev–Trinajstić information content (AvgIpc) is 3.98. The summed E-state index contributed by atoms with van der Waals surface area (Å²) in [6, 6.07) is 68.8. The maximum atomic E-state index is 6.53. The minimum atomic E-state index is 0.653. The first-order valence-electron chi connectivity index (χ1n) is 20.2. The Bertz CT molecular complexity index is 3690. The van der Waals surface area contributed by atoms with Crippen LogP contribution in [-0.2, 0) is 0 Å². The fourth-order valence-corrected chi connectivity index (χ4v) is 10.5. The summed E-state index contributed by atoms with van der Waals surface area (Å²) in [5.74, 6) is 0.653. The molecule has 5 heterocycles. The van der Waals surface area contributed by atoms with E-state index in [9.17, 15) is 0 Å². The summed E-state index contributed by atoms with van der Waals surface area (Å²) in [5, 5.41) is 4.76. The normalized spacial score (nSPS) is 12.3. The molecule has 0 radical (unpaired) electrons. The van der Waals surface area contributed by atoms with Crippen molar-refractivity contribution in [3.8, 4) is 56.3 Å². The number of aromatic nitrogens is 4. The van der Waals surface area contributed by atoms with Crippen molar-refractivity contribution in [2.24, 2.45) is 0 Å². The molecule has 0 bridgehead atoms. The number of fused-ring (bicyclic) bond motifs is 10. The molecule has 0 aliphatic carbocycles. The molecule has 0 fully saturated rings. The third-order valence-electron chi connectivity index (χ3n) is 11.9. The lowest BCUT2D eigenvalue weighted by molar-refractivity contribution is 0.667. The van der Waals surface area contributed by atoms with Crippen molar-refractivity contribution < 1.29 is 4.42 Å². The van der Waals surface area contributed by atoms with E-state index in [-0.39, 0.29) is 0 Å². The van der Waals surface area contributed by atoms with Crippen molar-refractivity contribution in [2.45, 2.75) is 9.79 Å². The molecule has 8 aromatic carbocycles. The van der Waals surface area contributed by atoms with Crippen LogP contribution in [0.4, 0.5) is 0 Å². The summed E-state index contributed by atoms with van der Waals surface area (Å²) in [5.41, 5.74) is 15.4. The molecule has 0 saturated heterocycles. The fourth-order valence-electron chi connectivity index (χ4n) is 9.28. The predicted octanol–water partition coefficient (Wildman–Crippen LogP) is 14.5. The smallest absolute Gasteiger partial charge is 0.180 e. The lowest BCUT2D eigenvalue weighted by atomic mass is 10.0. The molecule has 0 spiro atoms. The van der Waals surface area contributed by atoms with Gasteiger partial charge in [0.2, 0.25) is 0 Å². The highest BCUT2D eigenvalue weighted by Crippen LogP contribution is 2.52. The molecule has 4 aromatic heterocycles. The molecule has 12 aromatic rings. The van der Waals surface area contributed by atoms with Crippen molar-refractivity contribution in [3.63, 3.8) is 0 Å². The monoisotopic (exact) mass is 784 g/mol. The number of hydrogen-bond donors (Lipinski definition) is 0. The van der Waals surface area contributed by atoms with E-state index in [1.807, 2.05) is 36.0 Å². The zero-order valence-electron chi connectivity index (χ0n) is 32.1. The van der Waals surface area contributed by atoms with Gasteiger partial charge in [-0.2, -0.15) is 0 Å². The third-order valence-corrected chi connectivity index (χ3v) is 13.1. The second kappa shape index (κ2) is 12.9. The Hall–Kier alpha value is -7.67. The second-order valence-electron chi connectivity index (χ2n) is 15.3. The molecular weight excluding hydrogens is 753 g/mol. The maximum Gasteiger partial charge on any atom is 0.180 e. The van der Waals surface area contributed by atoms with Gasteiger partial charge in [0, 0.05) is 48.2 Å². The Balaban J connectivity index is 1.01. The van der Waals surface area contributed by atoms with Crippen molar-refractivity contribution in [2.75, 3.05) is 0 Å². The van der Waals surface area contributed by atoms with E-state index < -0.39 is 0 Å². The van der Waals surface area contributed by atoms with Gasteiger partial charge in [0.1, 0.15) is 22.4 Å². The summed E-state index contributed by atoms with van der Waals surface area (Å²) >= 11 is 1.85. The summed E-state index contributed by atoms with van der Waals surface area (Å²) < 4.78 is 11.5. The quantitative estimate of drug-likeness (QED) is 0.174. The Labute approximate surface area is 348 Å². The highest BCUT2D eigenvalue weighted by Gasteiger charge is 2.29. The van der Waals surface area contributed by atoms with Gasteiger partial charge >= 0.3 is 0 Å². The predicted molar refractivity (Wildman–Crippen MR) is 246 cm³/mol. The minimum Gasteiger partial charge on any atom is -0.452 e. The lowest BCUT2D eigenvalue weighted by Crippen LogP contribution is -2.06. The highest BCUT2D eigenvalue weighted by molar-refractivity contribution is 8.00. The molecule has 60 heavy (non-hydrogen) atoms. The SMILES string of the molecule is c1ccc(-c2cccc(-c3nc(-c4cccc(-c5cccc6c5Sc5cccc7c8c9ccccc9n(-c9ccccc9)c8n-6c57)c4)nc4c3oc3ccccc34)c2)cc1. The summed E-state index contributed by atoms with van der Waals surface area (Å²) in [7, 11) is 0. The van der Waals surface area contributed by atoms with Gasteiger partial charge in [-0.05, 0) is 76.9 Å². The first-order chi connectivity index (χ1) is 29.8. The first-order valence-corrected chi connectivity index (χ1v) is 21.0. The Morgan fingerprint density at radius 2 is 1.15 bits per heavy atom. The molecule has 280 valence electrons. The van der Waals surface area contributed by atoms with Crippen LogP contribution in [0, 0.1) is 0 Å². The number of rotatable bonds is 5. The van der Waals surface area contributed by atoms with E-state index in [2.05, 4.69) is 179 Å². The average molecular weight is 785 g/mol. The van der Waals surface area contributed by atoms with Gasteiger partial charge in [0.05, 0.1) is 16.7 Å². The van der Waals surface area contributed by atoms with Crippen LogP contribution in [0.25, 0.3) is 111 Å². The topological polar surface area (TPSA) is 48.8 Å². The van der Waals surface area contributed by atoms with Crippen LogP contribution in [-0.4, -0.2) is 19.1 Å². The molecule has 1 aliphatic heterocycles. The van der Waals surface area contributed by atoms with E-state index >= 15 is 0 Å². The van der Waals surface area contributed by atoms with E-state index in [4.69, 9.17) is 14.4 Å². The number of hydrogen-bond acceptors (Lipinski definition) is 4. The molecule has 6 heteroatoms. The summed E-state index contributed by atoms with van der Waals surface area (Å²) in [4.78, 5) is 13.0. The van der Waals surface area contributed by atoms with Gasteiger partial charge in [0.15, 0.2) is 11.4 Å². The standard InChI is InChI=1S/C54H32N4OS/c1-3-15-33(16-4-1)34-17-11-19-36(31-34)48-51-49(41-24-8-10-29-45(41)59-51)56-53(55-48)37-20-12-18-35(32-37)39-25-13-28-44-52(39)60-46-30-14-26-42-47-40-23-7-9-27-43(40)57(38-21-5-2-6-22-38)54(47)58(44)50(42)46/h1-32H. The molecule has 0 atom stereocenters. The highest BCUT2D eigenvalue weighted by atomic mass is 32.2. The van der Waals surface area contributed by atoms with Crippen LogP contribution >= 0.6 is 11.8 Å². The zero-order chi connectivity index (χ0) is 39.3. The molecule has 5 nitrogen and oxygen atoms in total. The van der Waals surface area contributed by atoms with Crippen molar-refractivity contribution in [3.05, 3.63) is 194 Å². The van der Waals surface area contributed by atoms with Gasteiger partial charge < -0.3 is 4.42 Å². The first kappa shape index (κ1) is 33.3. The van der Waals surface area contributed by atoms with Gasteiger partial charge in [-0.1, -0.05) is 151 Å². The van der Waals surface area contributed by atoms with Crippen molar-refractivity contribution >= 4 is 66.7 Å². The molecule has 13 rings (SSSR count). The molecular formula is C54H32N4OS. The fraction of sp³-hybridized carbons (Fsp3) is 0. The van der Waals surface area contributed by atoms with E-state index in [0.29, 0.717) is 11.4 Å². The Morgan fingerprint density at radius 1 is 0.483 bits per heavy atom. The lowest BCUT2D eigenvalue weighted by Gasteiger charge is -2.23.